The van der Waals surface area contributed by atoms with Crippen molar-refractivity contribution >= 4 is 0 Å². The summed E-state index contributed by atoms with van der Waals surface area (Å²) in [5.74, 6) is 1.53. The summed E-state index contributed by atoms with van der Waals surface area (Å²) in [4.78, 5) is 0. The van der Waals surface area contributed by atoms with E-state index in [0.717, 1.165) is 32.1 Å². The number of fused-ring (bicyclic) bond motifs is 3. The lowest BCUT2D eigenvalue weighted by Gasteiger charge is -2.50. The highest BCUT2D eigenvalue weighted by Gasteiger charge is 2.57. The molecule has 0 radical (unpaired) electrons. The van der Waals surface area contributed by atoms with Crippen molar-refractivity contribution in [2.75, 3.05) is 0 Å². The fourth-order valence-electron chi connectivity index (χ4n) is 5.52. The van der Waals surface area contributed by atoms with Crippen LogP contribution in [-0.2, 0) is 0 Å². The molecule has 3 fully saturated rings. The Hall–Kier alpha value is -1.06. The maximum atomic E-state index is 10.4. The monoisotopic (exact) mass is 304 g/mol. The van der Waals surface area contributed by atoms with Gasteiger partial charge in [-0.05, 0) is 79.4 Å². The number of aliphatic hydroxyl groups excluding tert-OH is 3. The predicted octanol–water partition coefficient (Wildman–Crippen LogP) is 3.50. The zero-order valence-corrected chi connectivity index (χ0v) is 13.6. The molecule has 3 N–H and O–H groups in total. The van der Waals surface area contributed by atoms with Gasteiger partial charge in [0.25, 0.3) is 0 Å². The lowest BCUT2D eigenvalue weighted by Crippen LogP contribution is -2.45. The Balaban J connectivity index is 1.91. The third kappa shape index (κ3) is 2.26. The zero-order chi connectivity index (χ0) is 16.1. The molecule has 122 valence electrons. The number of hydrogen-bond acceptors (Lipinski definition) is 3. The average Bonchev–Trinajstić information content (AvgIpc) is 2.70. The van der Waals surface area contributed by atoms with E-state index < -0.39 is 12.2 Å². The Morgan fingerprint density at radius 1 is 1.32 bits per heavy atom. The number of allylic oxidation sites excluding steroid dienone is 4. The molecule has 3 heteroatoms. The number of rotatable bonds is 1. The number of hydrogen-bond donors (Lipinski definition) is 3. The van der Waals surface area contributed by atoms with E-state index in [9.17, 15) is 15.3 Å². The standard InChI is InChI=1S/C19H28O3/c1-4-13-12(9-11(2)20)5-6-15-14(13)7-8-19(3)16(15)10-17(21)18(19)22/h4,9,14-18,20-22H,2,5-8,10H2,1,3H3/b12-9-,13-4+/t14-,15-,16+,17-,18+,19+/m1/s1. The Labute approximate surface area is 133 Å². The quantitative estimate of drug-likeness (QED) is 0.650. The van der Waals surface area contributed by atoms with E-state index in [1.165, 1.54) is 11.1 Å². The minimum atomic E-state index is -0.582. The molecule has 22 heavy (non-hydrogen) atoms. The van der Waals surface area contributed by atoms with Gasteiger partial charge < -0.3 is 15.3 Å². The summed E-state index contributed by atoms with van der Waals surface area (Å²) < 4.78 is 0. The lowest BCUT2D eigenvalue weighted by atomic mass is 9.54. The van der Waals surface area contributed by atoms with Crippen molar-refractivity contribution < 1.29 is 15.3 Å². The van der Waals surface area contributed by atoms with Gasteiger partial charge in [-0.15, -0.1) is 0 Å². The fourth-order valence-corrected chi connectivity index (χ4v) is 5.52. The van der Waals surface area contributed by atoms with Gasteiger partial charge >= 0.3 is 0 Å². The smallest absolute Gasteiger partial charge is 0.108 e. The summed E-state index contributed by atoms with van der Waals surface area (Å²) in [6, 6.07) is 0. The molecule has 3 rings (SSSR count). The first-order chi connectivity index (χ1) is 10.4. The van der Waals surface area contributed by atoms with Crippen molar-refractivity contribution in [3.8, 4) is 0 Å². The van der Waals surface area contributed by atoms with Crippen molar-refractivity contribution in [1.82, 2.24) is 0 Å². The van der Waals surface area contributed by atoms with Crippen LogP contribution in [-0.4, -0.2) is 27.5 Å². The van der Waals surface area contributed by atoms with E-state index in [-0.39, 0.29) is 11.2 Å². The van der Waals surface area contributed by atoms with Crippen LogP contribution in [0.15, 0.2) is 35.6 Å². The lowest BCUT2D eigenvalue weighted by molar-refractivity contribution is -0.0551. The Bertz CT molecular complexity index is 533. The summed E-state index contributed by atoms with van der Waals surface area (Å²) in [5, 5.41) is 30.1. The molecule has 0 saturated heterocycles. The summed E-state index contributed by atoms with van der Waals surface area (Å²) in [6.45, 7) is 7.82. The Kier molecular flexibility index (Phi) is 3.98. The van der Waals surface area contributed by atoms with Crippen molar-refractivity contribution in [2.24, 2.45) is 23.2 Å². The van der Waals surface area contributed by atoms with Crippen LogP contribution in [0.4, 0.5) is 0 Å². The highest BCUT2D eigenvalue weighted by molar-refractivity contribution is 5.39. The van der Waals surface area contributed by atoms with Gasteiger partial charge in [-0.2, -0.15) is 0 Å². The second-order valence-electron chi connectivity index (χ2n) is 7.61. The van der Waals surface area contributed by atoms with Gasteiger partial charge in [0, 0.05) is 0 Å². The van der Waals surface area contributed by atoms with Gasteiger partial charge in [0.15, 0.2) is 0 Å². The summed E-state index contributed by atoms with van der Waals surface area (Å²) in [6.07, 6.45) is 7.58. The number of aliphatic hydroxyl groups is 3. The minimum absolute atomic E-state index is 0.125. The second kappa shape index (κ2) is 5.54. The van der Waals surface area contributed by atoms with Crippen LogP contribution in [0.2, 0.25) is 0 Å². The van der Waals surface area contributed by atoms with Crippen LogP contribution in [0, 0.1) is 23.2 Å². The Morgan fingerprint density at radius 2 is 2.05 bits per heavy atom. The molecule has 3 aliphatic rings. The van der Waals surface area contributed by atoms with E-state index in [1.54, 1.807) is 6.08 Å². The van der Waals surface area contributed by atoms with Crippen molar-refractivity contribution in [3.05, 3.63) is 35.6 Å². The van der Waals surface area contributed by atoms with E-state index in [2.05, 4.69) is 26.5 Å². The molecular weight excluding hydrogens is 276 g/mol. The van der Waals surface area contributed by atoms with Crippen molar-refractivity contribution in [1.29, 1.82) is 0 Å². The molecule has 0 heterocycles. The highest BCUT2D eigenvalue weighted by Crippen LogP contribution is 2.60. The molecule has 0 bridgehead atoms. The Morgan fingerprint density at radius 3 is 2.68 bits per heavy atom. The van der Waals surface area contributed by atoms with E-state index in [1.807, 2.05) is 0 Å². The zero-order valence-electron chi connectivity index (χ0n) is 13.6. The van der Waals surface area contributed by atoms with Gasteiger partial charge in [-0.1, -0.05) is 19.6 Å². The van der Waals surface area contributed by atoms with Gasteiger partial charge in [0.1, 0.15) is 5.76 Å². The van der Waals surface area contributed by atoms with Crippen molar-refractivity contribution in [2.45, 2.75) is 58.2 Å². The summed E-state index contributed by atoms with van der Waals surface area (Å²) >= 11 is 0. The van der Waals surface area contributed by atoms with Crippen LogP contribution >= 0.6 is 0 Å². The molecule has 0 aromatic carbocycles. The third-order valence-corrected chi connectivity index (χ3v) is 6.58. The maximum Gasteiger partial charge on any atom is 0.108 e. The van der Waals surface area contributed by atoms with Crippen LogP contribution in [0.3, 0.4) is 0 Å². The minimum Gasteiger partial charge on any atom is -0.509 e. The third-order valence-electron chi connectivity index (χ3n) is 6.58. The first kappa shape index (κ1) is 15.8. The van der Waals surface area contributed by atoms with Gasteiger partial charge in [-0.3, -0.25) is 0 Å². The molecule has 0 aromatic heterocycles. The second-order valence-corrected chi connectivity index (χ2v) is 7.61. The van der Waals surface area contributed by atoms with Crippen LogP contribution < -0.4 is 0 Å². The summed E-state index contributed by atoms with van der Waals surface area (Å²) in [7, 11) is 0. The normalized spacial score (nSPS) is 48.3. The van der Waals surface area contributed by atoms with Gasteiger partial charge in [0.05, 0.1) is 12.2 Å². The van der Waals surface area contributed by atoms with Crippen LogP contribution in [0.1, 0.15) is 46.0 Å². The topological polar surface area (TPSA) is 60.7 Å². The molecule has 0 unspecified atom stereocenters. The first-order valence-corrected chi connectivity index (χ1v) is 8.49. The van der Waals surface area contributed by atoms with Crippen LogP contribution in [0.5, 0.6) is 0 Å². The highest BCUT2D eigenvalue weighted by atomic mass is 16.3. The molecule has 3 aliphatic carbocycles. The molecule has 0 aliphatic heterocycles. The van der Waals surface area contributed by atoms with Crippen molar-refractivity contribution in [3.63, 3.8) is 0 Å². The van der Waals surface area contributed by atoms with Gasteiger partial charge in [-0.25, -0.2) is 0 Å². The molecule has 0 spiro atoms. The predicted molar refractivity (Wildman–Crippen MR) is 87.3 cm³/mol. The molecule has 0 amide bonds. The average molecular weight is 304 g/mol. The van der Waals surface area contributed by atoms with Crippen LogP contribution in [0.25, 0.3) is 0 Å². The molecule has 0 aromatic rings. The van der Waals surface area contributed by atoms with E-state index in [0.29, 0.717) is 17.8 Å². The maximum absolute atomic E-state index is 10.4. The molecule has 3 saturated carbocycles. The molecule has 6 atom stereocenters. The van der Waals surface area contributed by atoms with Gasteiger partial charge in [0.2, 0.25) is 0 Å². The van der Waals surface area contributed by atoms with E-state index in [4.69, 9.17) is 0 Å². The largest absolute Gasteiger partial charge is 0.509 e. The molecular formula is C19H28O3. The van der Waals surface area contributed by atoms with E-state index >= 15 is 0 Å². The fraction of sp³-hybridized carbons (Fsp3) is 0.684. The first-order valence-electron chi connectivity index (χ1n) is 8.49. The molecule has 3 nitrogen and oxygen atoms in total. The summed E-state index contributed by atoms with van der Waals surface area (Å²) in [5.41, 5.74) is 2.41. The SMILES string of the molecule is C=C(O)/C=C1/CC[C@@H]2[C@H](CC[C@]3(C)[C@@H](O)[C@H](O)C[C@@H]23)/C1=C/C.